The zero-order valence-electron chi connectivity index (χ0n) is 10.8. The third-order valence-corrected chi connectivity index (χ3v) is 2.90. The van der Waals surface area contributed by atoms with Gasteiger partial charge in [-0.3, -0.25) is 10.1 Å². The molecule has 0 saturated carbocycles. The van der Waals surface area contributed by atoms with Gasteiger partial charge in [-0.15, -0.1) is 0 Å². The molecule has 0 aromatic heterocycles. The number of nitrogens with zero attached hydrogens (tertiary/aromatic N) is 1. The van der Waals surface area contributed by atoms with E-state index in [4.69, 9.17) is 0 Å². The van der Waals surface area contributed by atoms with Crippen LogP contribution in [0.5, 0.6) is 0 Å². The Morgan fingerprint density at radius 1 is 1.05 bits per heavy atom. The number of nitro groups is 1. The van der Waals surface area contributed by atoms with E-state index >= 15 is 0 Å². The molecule has 0 unspecified atom stereocenters. The minimum absolute atomic E-state index is 0.134. The summed E-state index contributed by atoms with van der Waals surface area (Å²) < 4.78 is 0. The summed E-state index contributed by atoms with van der Waals surface area (Å²) in [4.78, 5) is 10.3. The van der Waals surface area contributed by atoms with E-state index in [9.17, 15) is 10.1 Å². The summed E-state index contributed by atoms with van der Waals surface area (Å²) in [5.74, 6) is 0. The van der Waals surface area contributed by atoms with Gasteiger partial charge >= 0.3 is 0 Å². The van der Waals surface area contributed by atoms with Crippen LogP contribution in [0, 0.1) is 17.0 Å². The largest absolute Gasteiger partial charge is 0.309 e. The second-order valence-electron chi connectivity index (χ2n) is 4.52. The van der Waals surface area contributed by atoms with Gasteiger partial charge < -0.3 is 5.32 Å². The Morgan fingerprint density at radius 3 is 2.42 bits per heavy atom. The SMILES string of the molecule is Cc1ccc(CNCc2cccc([N+](=O)[O-])c2)cc1. The van der Waals surface area contributed by atoms with E-state index < -0.39 is 0 Å². The van der Waals surface area contributed by atoms with Crippen molar-refractivity contribution >= 4 is 5.69 Å². The quantitative estimate of drug-likeness (QED) is 0.660. The maximum absolute atomic E-state index is 10.7. The van der Waals surface area contributed by atoms with Crippen molar-refractivity contribution in [1.29, 1.82) is 0 Å². The predicted octanol–water partition coefficient (Wildman–Crippen LogP) is 3.19. The van der Waals surface area contributed by atoms with Crippen LogP contribution in [0.1, 0.15) is 16.7 Å². The van der Waals surface area contributed by atoms with E-state index in [2.05, 4.69) is 36.5 Å². The van der Waals surface area contributed by atoms with Crippen LogP contribution in [-0.2, 0) is 13.1 Å². The van der Waals surface area contributed by atoms with Gasteiger partial charge in [-0.25, -0.2) is 0 Å². The Morgan fingerprint density at radius 2 is 1.74 bits per heavy atom. The molecule has 0 saturated heterocycles. The molecule has 0 fully saturated rings. The molecule has 0 amide bonds. The third-order valence-electron chi connectivity index (χ3n) is 2.90. The highest BCUT2D eigenvalue weighted by molar-refractivity contribution is 5.34. The van der Waals surface area contributed by atoms with Gasteiger partial charge in [0.15, 0.2) is 0 Å². The summed E-state index contributed by atoms with van der Waals surface area (Å²) in [5.41, 5.74) is 3.49. The lowest BCUT2D eigenvalue weighted by atomic mass is 10.1. The summed E-state index contributed by atoms with van der Waals surface area (Å²) in [5, 5.41) is 13.9. The Kier molecular flexibility index (Phi) is 4.26. The summed E-state index contributed by atoms with van der Waals surface area (Å²) in [6.07, 6.45) is 0. The average molecular weight is 256 g/mol. The molecule has 0 atom stereocenters. The molecule has 2 rings (SSSR count). The molecule has 19 heavy (non-hydrogen) atoms. The van der Waals surface area contributed by atoms with Crippen molar-refractivity contribution in [1.82, 2.24) is 5.32 Å². The third kappa shape index (κ3) is 3.89. The highest BCUT2D eigenvalue weighted by Crippen LogP contribution is 2.13. The number of nitrogens with one attached hydrogen (secondary N) is 1. The molecule has 98 valence electrons. The average Bonchev–Trinajstić information content (AvgIpc) is 2.41. The molecule has 1 N–H and O–H groups in total. The number of non-ortho nitro benzene ring substituents is 1. The molecule has 0 bridgehead atoms. The maximum Gasteiger partial charge on any atom is 0.269 e. The van der Waals surface area contributed by atoms with Crippen molar-refractivity contribution < 1.29 is 4.92 Å². The van der Waals surface area contributed by atoms with Crippen molar-refractivity contribution in [2.45, 2.75) is 20.0 Å². The predicted molar refractivity (Wildman–Crippen MR) is 74.8 cm³/mol. The number of hydrogen-bond donors (Lipinski definition) is 1. The summed E-state index contributed by atoms with van der Waals surface area (Å²) in [6, 6.07) is 15.0. The Bertz CT molecular complexity index is 565. The molecular formula is C15H16N2O2. The van der Waals surface area contributed by atoms with Gasteiger partial charge in [0.1, 0.15) is 0 Å². The van der Waals surface area contributed by atoms with Crippen LogP contribution >= 0.6 is 0 Å². The Balaban J connectivity index is 1.90. The van der Waals surface area contributed by atoms with E-state index in [1.807, 2.05) is 6.07 Å². The molecule has 2 aromatic carbocycles. The highest BCUT2D eigenvalue weighted by Gasteiger charge is 2.04. The molecule has 0 heterocycles. The van der Waals surface area contributed by atoms with E-state index in [1.54, 1.807) is 12.1 Å². The standard InChI is InChI=1S/C15H16N2O2/c1-12-5-7-13(8-6-12)10-16-11-14-3-2-4-15(9-14)17(18)19/h2-9,16H,10-11H2,1H3. The number of aryl methyl sites for hydroxylation is 1. The lowest BCUT2D eigenvalue weighted by molar-refractivity contribution is -0.384. The lowest BCUT2D eigenvalue weighted by Crippen LogP contribution is -2.12. The molecule has 0 aliphatic heterocycles. The molecular weight excluding hydrogens is 240 g/mol. The van der Waals surface area contributed by atoms with Crippen LogP contribution in [0.25, 0.3) is 0 Å². The van der Waals surface area contributed by atoms with Crippen LogP contribution in [0.4, 0.5) is 5.69 Å². The van der Waals surface area contributed by atoms with E-state index in [1.165, 1.54) is 17.2 Å². The van der Waals surface area contributed by atoms with Crippen molar-refractivity contribution in [3.8, 4) is 0 Å². The molecule has 0 radical (unpaired) electrons. The monoisotopic (exact) mass is 256 g/mol. The fraction of sp³-hybridized carbons (Fsp3) is 0.200. The van der Waals surface area contributed by atoms with Crippen molar-refractivity contribution in [3.63, 3.8) is 0 Å². The topological polar surface area (TPSA) is 55.2 Å². The number of benzene rings is 2. The van der Waals surface area contributed by atoms with E-state index in [-0.39, 0.29) is 10.6 Å². The number of rotatable bonds is 5. The second kappa shape index (κ2) is 6.11. The lowest BCUT2D eigenvalue weighted by Gasteiger charge is -2.05. The van der Waals surface area contributed by atoms with Crippen molar-refractivity contribution in [2.75, 3.05) is 0 Å². The van der Waals surface area contributed by atoms with Crippen LogP contribution in [0.3, 0.4) is 0 Å². The number of hydrogen-bond acceptors (Lipinski definition) is 3. The van der Waals surface area contributed by atoms with E-state index in [0.717, 1.165) is 12.1 Å². The number of nitro benzene ring substituents is 1. The fourth-order valence-corrected chi connectivity index (χ4v) is 1.84. The molecule has 4 heteroatoms. The summed E-state index contributed by atoms with van der Waals surface area (Å²) >= 11 is 0. The molecule has 0 aliphatic rings. The van der Waals surface area contributed by atoms with E-state index in [0.29, 0.717) is 6.54 Å². The maximum atomic E-state index is 10.7. The Labute approximate surface area is 112 Å². The van der Waals surface area contributed by atoms with Crippen LogP contribution in [0.2, 0.25) is 0 Å². The zero-order chi connectivity index (χ0) is 13.7. The normalized spacial score (nSPS) is 10.4. The Hall–Kier alpha value is -2.20. The van der Waals surface area contributed by atoms with Gasteiger partial charge in [-0.1, -0.05) is 42.0 Å². The minimum Gasteiger partial charge on any atom is -0.309 e. The van der Waals surface area contributed by atoms with Crippen molar-refractivity contribution in [2.24, 2.45) is 0 Å². The van der Waals surface area contributed by atoms with Gasteiger partial charge in [0, 0.05) is 25.2 Å². The summed E-state index contributed by atoms with van der Waals surface area (Å²) in [7, 11) is 0. The molecule has 2 aromatic rings. The molecule has 0 aliphatic carbocycles. The molecule has 0 spiro atoms. The van der Waals surface area contributed by atoms with Crippen LogP contribution in [-0.4, -0.2) is 4.92 Å². The highest BCUT2D eigenvalue weighted by atomic mass is 16.6. The summed E-state index contributed by atoms with van der Waals surface area (Å²) in [6.45, 7) is 3.43. The van der Waals surface area contributed by atoms with Gasteiger partial charge in [0.2, 0.25) is 0 Å². The zero-order valence-corrected chi connectivity index (χ0v) is 10.8. The molecule has 4 nitrogen and oxygen atoms in total. The minimum atomic E-state index is -0.372. The first-order chi connectivity index (χ1) is 9.15. The fourth-order valence-electron chi connectivity index (χ4n) is 1.84. The first kappa shape index (κ1) is 13.2. The van der Waals surface area contributed by atoms with Crippen LogP contribution < -0.4 is 5.32 Å². The van der Waals surface area contributed by atoms with Crippen LogP contribution in [0.15, 0.2) is 48.5 Å². The first-order valence-corrected chi connectivity index (χ1v) is 6.15. The van der Waals surface area contributed by atoms with Gasteiger partial charge in [-0.2, -0.15) is 0 Å². The van der Waals surface area contributed by atoms with Crippen molar-refractivity contribution in [3.05, 3.63) is 75.3 Å². The smallest absolute Gasteiger partial charge is 0.269 e. The van der Waals surface area contributed by atoms with Gasteiger partial charge in [-0.05, 0) is 18.1 Å². The van der Waals surface area contributed by atoms with Gasteiger partial charge in [0.25, 0.3) is 5.69 Å². The first-order valence-electron chi connectivity index (χ1n) is 6.15. The second-order valence-corrected chi connectivity index (χ2v) is 4.52. The van der Waals surface area contributed by atoms with Gasteiger partial charge in [0.05, 0.1) is 4.92 Å².